The standard InChI is InChI=1S/C8H15F3N2S/c1-4-5(2)6(12)13-7(14-3)8(9,10)11/h5-6H,4,12H2,1-3H3/b13-7-. The molecule has 0 heterocycles. The number of nitrogens with zero attached hydrogens (tertiary/aromatic N) is 1. The monoisotopic (exact) mass is 228 g/mol. The third kappa shape index (κ3) is 4.32. The van der Waals surface area contributed by atoms with E-state index in [0.29, 0.717) is 18.2 Å². The van der Waals surface area contributed by atoms with Crippen molar-refractivity contribution in [2.75, 3.05) is 6.26 Å². The predicted octanol–water partition coefficient (Wildman–Crippen LogP) is 2.64. The van der Waals surface area contributed by atoms with Crippen LogP contribution in [0.4, 0.5) is 13.2 Å². The average molecular weight is 228 g/mol. The van der Waals surface area contributed by atoms with Crippen LogP contribution >= 0.6 is 11.8 Å². The molecule has 14 heavy (non-hydrogen) atoms. The normalized spacial score (nSPS) is 18.1. The van der Waals surface area contributed by atoms with Crippen LogP contribution in [0.1, 0.15) is 20.3 Å². The van der Waals surface area contributed by atoms with Crippen molar-refractivity contribution in [2.24, 2.45) is 16.6 Å². The highest BCUT2D eigenvalue weighted by Gasteiger charge is 2.35. The minimum absolute atomic E-state index is 0.0421. The van der Waals surface area contributed by atoms with E-state index in [9.17, 15) is 13.2 Å². The molecule has 0 aliphatic rings. The summed E-state index contributed by atoms with van der Waals surface area (Å²) in [5, 5.41) is -0.856. The van der Waals surface area contributed by atoms with Crippen molar-refractivity contribution in [2.45, 2.75) is 32.6 Å². The lowest BCUT2D eigenvalue weighted by Crippen LogP contribution is -2.30. The van der Waals surface area contributed by atoms with E-state index >= 15 is 0 Å². The lowest BCUT2D eigenvalue weighted by molar-refractivity contribution is -0.0558. The first kappa shape index (κ1) is 13.8. The van der Waals surface area contributed by atoms with Gasteiger partial charge in [-0.3, -0.25) is 4.99 Å². The molecule has 0 aromatic heterocycles. The van der Waals surface area contributed by atoms with E-state index in [2.05, 4.69) is 4.99 Å². The molecule has 84 valence electrons. The van der Waals surface area contributed by atoms with Crippen LogP contribution in [0.15, 0.2) is 4.99 Å². The Hall–Kier alpha value is -0.230. The Labute approximate surface area is 86.1 Å². The van der Waals surface area contributed by atoms with Gasteiger partial charge in [-0.25, -0.2) is 0 Å². The molecule has 2 atom stereocenters. The van der Waals surface area contributed by atoms with Crippen molar-refractivity contribution in [1.82, 2.24) is 0 Å². The largest absolute Gasteiger partial charge is 0.439 e. The molecule has 6 heteroatoms. The number of nitrogens with two attached hydrogens (primary N) is 1. The summed E-state index contributed by atoms with van der Waals surface area (Å²) in [6.45, 7) is 3.65. The second-order valence-electron chi connectivity index (χ2n) is 3.01. The molecule has 2 unspecified atom stereocenters. The smallest absolute Gasteiger partial charge is 0.310 e. The summed E-state index contributed by atoms with van der Waals surface area (Å²) in [6, 6.07) is 0. The SMILES string of the molecule is CCC(C)C(N)/N=C(\SC)C(F)(F)F. The van der Waals surface area contributed by atoms with E-state index in [4.69, 9.17) is 5.73 Å². The molecule has 0 aromatic carbocycles. The zero-order valence-corrected chi connectivity index (χ0v) is 9.25. The van der Waals surface area contributed by atoms with Crippen LogP contribution in [0.5, 0.6) is 0 Å². The number of aliphatic imine (C=N–C) groups is 1. The van der Waals surface area contributed by atoms with Crippen molar-refractivity contribution in [3.05, 3.63) is 0 Å². The van der Waals surface area contributed by atoms with Crippen LogP contribution in [0.2, 0.25) is 0 Å². The zero-order chi connectivity index (χ0) is 11.4. The van der Waals surface area contributed by atoms with E-state index < -0.39 is 17.4 Å². The van der Waals surface area contributed by atoms with Gasteiger partial charge >= 0.3 is 6.18 Å². The maximum absolute atomic E-state index is 12.2. The van der Waals surface area contributed by atoms with Gasteiger partial charge in [0.05, 0.1) is 0 Å². The summed E-state index contributed by atoms with van der Waals surface area (Å²) >= 11 is 0.578. The third-order valence-electron chi connectivity index (χ3n) is 1.93. The molecule has 2 nitrogen and oxygen atoms in total. The highest BCUT2D eigenvalue weighted by molar-refractivity contribution is 8.13. The fourth-order valence-corrected chi connectivity index (χ4v) is 1.20. The van der Waals surface area contributed by atoms with Crippen LogP contribution in [0.3, 0.4) is 0 Å². The fraction of sp³-hybridized carbons (Fsp3) is 0.875. The number of hydrogen-bond donors (Lipinski definition) is 1. The third-order valence-corrected chi connectivity index (χ3v) is 2.65. The molecule has 0 saturated carbocycles. The summed E-state index contributed by atoms with van der Waals surface area (Å²) < 4.78 is 36.7. The van der Waals surface area contributed by atoms with Crippen molar-refractivity contribution in [3.63, 3.8) is 0 Å². The number of rotatable bonds is 3. The van der Waals surface area contributed by atoms with Gasteiger partial charge in [0.2, 0.25) is 0 Å². The number of alkyl halides is 3. The Balaban J connectivity index is 4.60. The van der Waals surface area contributed by atoms with E-state index in [1.165, 1.54) is 6.26 Å². The first-order valence-electron chi connectivity index (χ1n) is 4.27. The number of thioether (sulfide) groups is 1. The first-order valence-corrected chi connectivity index (χ1v) is 5.50. The van der Waals surface area contributed by atoms with E-state index in [-0.39, 0.29) is 5.92 Å². The van der Waals surface area contributed by atoms with E-state index in [1.54, 1.807) is 6.92 Å². The quantitative estimate of drug-likeness (QED) is 0.595. The first-order chi connectivity index (χ1) is 6.32. The Morgan fingerprint density at radius 2 is 2.00 bits per heavy atom. The molecule has 0 rings (SSSR count). The van der Waals surface area contributed by atoms with Gasteiger partial charge in [0, 0.05) is 0 Å². The van der Waals surface area contributed by atoms with E-state index in [0.717, 1.165) is 0 Å². The lowest BCUT2D eigenvalue weighted by Gasteiger charge is -2.16. The molecule has 0 saturated heterocycles. The molecule has 0 radical (unpaired) electrons. The zero-order valence-electron chi connectivity index (χ0n) is 8.43. The Kier molecular flexibility index (Phi) is 5.51. The Morgan fingerprint density at radius 1 is 1.50 bits per heavy atom. The number of hydrogen-bond acceptors (Lipinski definition) is 3. The van der Waals surface area contributed by atoms with Crippen LogP contribution in [-0.4, -0.2) is 23.6 Å². The Bertz CT molecular complexity index is 203. The van der Waals surface area contributed by atoms with Gasteiger partial charge in [-0.1, -0.05) is 20.3 Å². The number of halogens is 3. The van der Waals surface area contributed by atoms with Gasteiger partial charge in [-0.15, -0.1) is 11.8 Å². The van der Waals surface area contributed by atoms with Gasteiger partial charge in [0.15, 0.2) is 5.04 Å². The van der Waals surface area contributed by atoms with Gasteiger partial charge < -0.3 is 5.73 Å². The van der Waals surface area contributed by atoms with Crippen molar-refractivity contribution in [1.29, 1.82) is 0 Å². The summed E-state index contributed by atoms with van der Waals surface area (Å²) in [4.78, 5) is 3.47. The molecule has 2 N–H and O–H groups in total. The minimum atomic E-state index is -4.38. The maximum Gasteiger partial charge on any atom is 0.439 e. The van der Waals surface area contributed by atoms with Crippen LogP contribution in [0, 0.1) is 5.92 Å². The summed E-state index contributed by atoms with van der Waals surface area (Å²) in [5.41, 5.74) is 5.50. The molecular weight excluding hydrogens is 213 g/mol. The summed E-state index contributed by atoms with van der Waals surface area (Å²) in [5.74, 6) is -0.0421. The minimum Gasteiger partial charge on any atom is -0.310 e. The van der Waals surface area contributed by atoms with Crippen LogP contribution in [0.25, 0.3) is 0 Å². The second-order valence-corrected chi connectivity index (χ2v) is 3.81. The second kappa shape index (κ2) is 5.60. The van der Waals surface area contributed by atoms with Crippen LogP contribution < -0.4 is 5.73 Å². The molecule has 0 bridgehead atoms. The van der Waals surface area contributed by atoms with Gasteiger partial charge in [0.1, 0.15) is 6.17 Å². The van der Waals surface area contributed by atoms with Crippen molar-refractivity contribution < 1.29 is 13.2 Å². The molecule has 0 aliphatic carbocycles. The van der Waals surface area contributed by atoms with E-state index in [1.807, 2.05) is 6.92 Å². The van der Waals surface area contributed by atoms with Crippen molar-refractivity contribution >= 4 is 16.8 Å². The average Bonchev–Trinajstić information content (AvgIpc) is 2.10. The predicted molar refractivity (Wildman–Crippen MR) is 54.4 cm³/mol. The Morgan fingerprint density at radius 3 is 2.29 bits per heavy atom. The van der Waals surface area contributed by atoms with Crippen LogP contribution in [-0.2, 0) is 0 Å². The molecule has 0 aliphatic heterocycles. The van der Waals surface area contributed by atoms with Crippen molar-refractivity contribution in [3.8, 4) is 0 Å². The highest BCUT2D eigenvalue weighted by Crippen LogP contribution is 2.24. The molecule has 0 amide bonds. The molecular formula is C8H15F3N2S. The summed E-state index contributed by atoms with van der Waals surface area (Å²) in [6.07, 6.45) is -3.10. The molecule has 0 fully saturated rings. The lowest BCUT2D eigenvalue weighted by atomic mass is 10.1. The topological polar surface area (TPSA) is 38.4 Å². The fourth-order valence-electron chi connectivity index (χ4n) is 0.746. The molecule has 0 spiro atoms. The van der Waals surface area contributed by atoms with Gasteiger partial charge in [-0.2, -0.15) is 13.2 Å². The molecule has 0 aromatic rings. The van der Waals surface area contributed by atoms with Gasteiger partial charge in [0.25, 0.3) is 0 Å². The summed E-state index contributed by atoms with van der Waals surface area (Å²) in [7, 11) is 0. The maximum atomic E-state index is 12.2. The highest BCUT2D eigenvalue weighted by atomic mass is 32.2. The van der Waals surface area contributed by atoms with Gasteiger partial charge in [-0.05, 0) is 12.2 Å².